The van der Waals surface area contributed by atoms with Crippen LogP contribution >= 0.6 is 11.6 Å². The number of nitrogens with two attached hydrogens (primary N) is 2. The van der Waals surface area contributed by atoms with Gasteiger partial charge in [-0.15, -0.1) is 0 Å². The molecule has 0 aliphatic heterocycles. The Morgan fingerprint density at radius 1 is 1.44 bits per heavy atom. The van der Waals surface area contributed by atoms with Crippen LogP contribution in [0.3, 0.4) is 0 Å². The van der Waals surface area contributed by atoms with Gasteiger partial charge in [0.1, 0.15) is 0 Å². The van der Waals surface area contributed by atoms with E-state index in [2.05, 4.69) is 27.8 Å². The minimum absolute atomic E-state index is 0.394. The molecule has 0 spiro atoms. The first-order valence-corrected chi connectivity index (χ1v) is 5.30. The third-order valence-corrected chi connectivity index (χ3v) is 2.08. The summed E-state index contributed by atoms with van der Waals surface area (Å²) >= 11 is 5.80. The Morgan fingerprint density at radius 2 is 2.00 bits per heavy atom. The van der Waals surface area contributed by atoms with Gasteiger partial charge in [0.05, 0.1) is 0 Å². The molecule has 0 aliphatic carbocycles. The lowest BCUT2D eigenvalue weighted by atomic mass is 10.2. The third kappa shape index (κ3) is 6.49. The highest BCUT2D eigenvalue weighted by molar-refractivity contribution is 6.30. The van der Waals surface area contributed by atoms with Crippen molar-refractivity contribution in [2.75, 3.05) is 12.4 Å². The van der Waals surface area contributed by atoms with Crippen molar-refractivity contribution >= 4 is 36.0 Å². The predicted molar refractivity (Wildman–Crippen MR) is 76.5 cm³/mol. The SMILES string of the molecule is C=NC(N)=O.CN=C(N)Nc1ccc(Cl)cc1C. The minimum atomic E-state index is -0.731. The van der Waals surface area contributed by atoms with E-state index in [1.165, 1.54) is 0 Å². The van der Waals surface area contributed by atoms with Crippen molar-refractivity contribution in [2.24, 2.45) is 21.5 Å². The second-order valence-electron chi connectivity index (χ2n) is 3.19. The molecule has 0 heterocycles. The number of carbonyl (C=O) groups excluding carboxylic acids is 1. The van der Waals surface area contributed by atoms with Crippen molar-refractivity contribution in [3.05, 3.63) is 28.8 Å². The molecule has 1 aromatic carbocycles. The fourth-order valence-electron chi connectivity index (χ4n) is 0.961. The summed E-state index contributed by atoms with van der Waals surface area (Å²) in [6.07, 6.45) is 0. The summed E-state index contributed by atoms with van der Waals surface area (Å²) in [6, 6.07) is 4.81. The molecule has 1 aromatic rings. The average Bonchev–Trinajstić information content (AvgIpc) is 2.33. The van der Waals surface area contributed by atoms with Crippen molar-refractivity contribution in [1.82, 2.24) is 0 Å². The number of aliphatic imine (C=N–C) groups is 2. The molecule has 0 saturated heterocycles. The van der Waals surface area contributed by atoms with Gasteiger partial charge in [-0.3, -0.25) is 4.99 Å². The van der Waals surface area contributed by atoms with Gasteiger partial charge >= 0.3 is 6.03 Å². The summed E-state index contributed by atoms with van der Waals surface area (Å²) in [5.41, 5.74) is 11.9. The van der Waals surface area contributed by atoms with E-state index in [0.717, 1.165) is 16.3 Å². The maximum atomic E-state index is 9.36. The Morgan fingerprint density at radius 3 is 2.39 bits per heavy atom. The Balaban J connectivity index is 0.000000494. The molecule has 18 heavy (non-hydrogen) atoms. The molecule has 7 heteroatoms. The Kier molecular flexibility index (Phi) is 7.14. The summed E-state index contributed by atoms with van der Waals surface area (Å²) < 4.78 is 0. The first-order chi connectivity index (χ1) is 8.40. The van der Waals surface area contributed by atoms with Gasteiger partial charge in [-0.1, -0.05) is 11.6 Å². The number of urea groups is 1. The Bertz CT molecular complexity index is 459. The molecule has 5 N–H and O–H groups in total. The summed E-state index contributed by atoms with van der Waals surface area (Å²) in [6.45, 7) is 4.79. The van der Waals surface area contributed by atoms with E-state index in [-0.39, 0.29) is 0 Å². The maximum absolute atomic E-state index is 9.36. The van der Waals surface area contributed by atoms with Crippen molar-refractivity contribution in [3.8, 4) is 0 Å². The van der Waals surface area contributed by atoms with Crippen LogP contribution in [0.15, 0.2) is 28.2 Å². The summed E-state index contributed by atoms with van der Waals surface area (Å²) in [5, 5.41) is 3.67. The van der Waals surface area contributed by atoms with Crippen molar-refractivity contribution in [2.45, 2.75) is 6.92 Å². The van der Waals surface area contributed by atoms with E-state index < -0.39 is 6.03 Å². The van der Waals surface area contributed by atoms with Gasteiger partial charge in [0.25, 0.3) is 0 Å². The van der Waals surface area contributed by atoms with Crippen molar-refractivity contribution < 1.29 is 4.79 Å². The molecule has 0 fully saturated rings. The number of carbonyl (C=O) groups is 1. The molecule has 0 aromatic heterocycles. The molecule has 0 aliphatic rings. The fraction of sp³-hybridized carbons (Fsp3) is 0.182. The van der Waals surface area contributed by atoms with E-state index in [1.807, 2.05) is 19.1 Å². The second kappa shape index (κ2) is 8.08. The number of guanidine groups is 1. The summed E-state index contributed by atoms with van der Waals surface area (Å²) in [5.74, 6) is 0.394. The highest BCUT2D eigenvalue weighted by Crippen LogP contribution is 2.18. The summed E-state index contributed by atoms with van der Waals surface area (Å²) in [7, 11) is 1.63. The first-order valence-electron chi connectivity index (χ1n) is 4.92. The van der Waals surface area contributed by atoms with Gasteiger partial charge in [-0.25, -0.2) is 9.79 Å². The van der Waals surface area contributed by atoms with Gasteiger partial charge in [-0.05, 0) is 37.4 Å². The van der Waals surface area contributed by atoms with E-state index in [9.17, 15) is 4.79 Å². The number of amides is 2. The number of primary amides is 1. The second-order valence-corrected chi connectivity index (χ2v) is 3.63. The topological polar surface area (TPSA) is 106 Å². The molecule has 6 nitrogen and oxygen atoms in total. The first kappa shape index (κ1) is 15.9. The molecular weight excluding hydrogens is 254 g/mol. The lowest BCUT2D eigenvalue weighted by Crippen LogP contribution is -2.22. The van der Waals surface area contributed by atoms with E-state index in [1.54, 1.807) is 13.1 Å². The number of anilines is 1. The molecule has 0 unspecified atom stereocenters. The van der Waals surface area contributed by atoms with Gasteiger partial charge in [0.2, 0.25) is 0 Å². The third-order valence-electron chi connectivity index (χ3n) is 1.85. The molecule has 0 saturated carbocycles. The van der Waals surface area contributed by atoms with Gasteiger partial charge in [0.15, 0.2) is 5.96 Å². The zero-order valence-corrected chi connectivity index (χ0v) is 11.0. The van der Waals surface area contributed by atoms with Crippen LogP contribution in [-0.4, -0.2) is 25.8 Å². The Hall–Kier alpha value is -2.08. The molecule has 2 amide bonds. The molecule has 98 valence electrons. The average molecular weight is 270 g/mol. The van der Waals surface area contributed by atoms with Crippen LogP contribution in [0.5, 0.6) is 0 Å². The van der Waals surface area contributed by atoms with E-state index >= 15 is 0 Å². The quantitative estimate of drug-likeness (QED) is 0.534. The highest BCUT2D eigenvalue weighted by Gasteiger charge is 1.99. The van der Waals surface area contributed by atoms with Crippen LogP contribution in [0.1, 0.15) is 5.56 Å². The van der Waals surface area contributed by atoms with Gasteiger partial charge in [-0.2, -0.15) is 0 Å². The van der Waals surface area contributed by atoms with Crippen LogP contribution in [0.25, 0.3) is 0 Å². The van der Waals surface area contributed by atoms with E-state index in [0.29, 0.717) is 5.96 Å². The Labute approximate surface area is 111 Å². The lowest BCUT2D eigenvalue weighted by Gasteiger charge is -2.07. The van der Waals surface area contributed by atoms with Crippen LogP contribution < -0.4 is 16.8 Å². The van der Waals surface area contributed by atoms with Crippen LogP contribution in [0, 0.1) is 6.92 Å². The number of nitrogens with zero attached hydrogens (tertiary/aromatic N) is 2. The van der Waals surface area contributed by atoms with Crippen LogP contribution in [-0.2, 0) is 0 Å². The fourth-order valence-corrected chi connectivity index (χ4v) is 1.19. The lowest BCUT2D eigenvalue weighted by molar-refractivity contribution is 0.257. The summed E-state index contributed by atoms with van der Waals surface area (Å²) in [4.78, 5) is 15.9. The maximum Gasteiger partial charge on any atom is 0.337 e. The largest absolute Gasteiger partial charge is 0.370 e. The van der Waals surface area contributed by atoms with Gasteiger partial charge < -0.3 is 16.8 Å². The monoisotopic (exact) mass is 269 g/mol. The number of hydrogen-bond donors (Lipinski definition) is 3. The molecule has 0 bridgehead atoms. The van der Waals surface area contributed by atoms with Crippen molar-refractivity contribution in [3.63, 3.8) is 0 Å². The number of nitrogens with one attached hydrogen (secondary N) is 1. The molecule has 0 radical (unpaired) electrons. The standard InChI is InChI=1S/C9H12ClN3.C2H4N2O/c1-6-5-7(10)3-4-8(6)13-9(11)12-2;1-4-2(3)5/h3-5H,1-2H3,(H3,11,12,13);1H2,(H2,3,5). The van der Waals surface area contributed by atoms with E-state index in [4.69, 9.17) is 17.3 Å². The van der Waals surface area contributed by atoms with Crippen LogP contribution in [0.2, 0.25) is 5.02 Å². The normalized spacial score (nSPS) is 10.1. The smallest absolute Gasteiger partial charge is 0.337 e. The molecule has 1 rings (SSSR count). The minimum Gasteiger partial charge on any atom is -0.370 e. The zero-order valence-electron chi connectivity index (χ0n) is 10.3. The van der Waals surface area contributed by atoms with Crippen LogP contribution in [0.4, 0.5) is 10.5 Å². The zero-order chi connectivity index (χ0) is 14.1. The number of hydrogen-bond acceptors (Lipinski definition) is 2. The number of rotatable bonds is 1. The molecular formula is C11H16ClN5O. The van der Waals surface area contributed by atoms with Crippen molar-refractivity contribution in [1.29, 1.82) is 0 Å². The van der Waals surface area contributed by atoms with Gasteiger partial charge in [0, 0.05) is 17.8 Å². The highest BCUT2D eigenvalue weighted by atomic mass is 35.5. The predicted octanol–water partition coefficient (Wildman–Crippen LogP) is 1.77. The number of aryl methyl sites for hydroxylation is 1. The molecule has 0 atom stereocenters. The number of benzene rings is 1. The number of halogens is 1.